The van der Waals surface area contributed by atoms with Gasteiger partial charge in [0.2, 0.25) is 0 Å². The Hall–Kier alpha value is -0.490. The van der Waals surface area contributed by atoms with Crippen LogP contribution in [0, 0.1) is 0 Å². The van der Waals surface area contributed by atoms with Crippen LogP contribution in [0.1, 0.15) is 30.5 Å². The summed E-state index contributed by atoms with van der Waals surface area (Å²) >= 11 is 1.68. The molecule has 0 bridgehead atoms. The highest BCUT2D eigenvalue weighted by molar-refractivity contribution is 7.09. The molecule has 102 valence electrons. The second kappa shape index (κ2) is 6.61. The van der Waals surface area contributed by atoms with Crippen LogP contribution in [0.5, 0.6) is 0 Å². The molecule has 1 atom stereocenters. The van der Waals surface area contributed by atoms with Gasteiger partial charge in [-0.15, -0.1) is 11.3 Å². The smallest absolute Gasteiger partial charge is 0.106 e. The van der Waals surface area contributed by atoms with Gasteiger partial charge in [0.1, 0.15) is 5.01 Å². The van der Waals surface area contributed by atoms with Crippen LogP contribution in [0.15, 0.2) is 5.38 Å². The highest BCUT2D eigenvalue weighted by atomic mass is 32.1. The average Bonchev–Trinajstić information content (AvgIpc) is 2.74. The van der Waals surface area contributed by atoms with Crippen molar-refractivity contribution in [1.29, 1.82) is 0 Å². The molecule has 1 aliphatic rings. The molecule has 18 heavy (non-hydrogen) atoms. The van der Waals surface area contributed by atoms with Gasteiger partial charge >= 0.3 is 0 Å². The number of thiazole rings is 1. The first kappa shape index (κ1) is 13.9. The van der Waals surface area contributed by atoms with Crippen molar-refractivity contribution in [3.63, 3.8) is 0 Å². The normalized spacial score (nSPS) is 23.2. The molecule has 5 heteroatoms. The Bertz CT molecular complexity index is 366. The summed E-state index contributed by atoms with van der Waals surface area (Å²) in [7, 11) is 2.22. The van der Waals surface area contributed by atoms with Crippen LogP contribution in [-0.2, 0) is 13.1 Å². The van der Waals surface area contributed by atoms with Crippen LogP contribution in [0.25, 0.3) is 0 Å². The molecule has 4 nitrogen and oxygen atoms in total. The minimum atomic E-state index is 0.560. The fourth-order valence-electron chi connectivity index (χ4n) is 2.61. The van der Waals surface area contributed by atoms with E-state index in [0.29, 0.717) is 12.6 Å². The molecule has 0 aromatic carbocycles. The number of rotatable bonds is 4. The summed E-state index contributed by atoms with van der Waals surface area (Å²) in [6, 6.07) is 0.653. The van der Waals surface area contributed by atoms with Gasteiger partial charge < -0.3 is 10.6 Å². The van der Waals surface area contributed by atoms with E-state index in [1.54, 1.807) is 11.3 Å². The minimum Gasteiger partial charge on any atom is -0.325 e. The molecule has 2 heterocycles. The van der Waals surface area contributed by atoms with Gasteiger partial charge in [-0.2, -0.15) is 0 Å². The lowest BCUT2D eigenvalue weighted by molar-refractivity contribution is 0.174. The molecule has 0 aliphatic carbocycles. The van der Waals surface area contributed by atoms with Gasteiger partial charge in [-0.3, -0.25) is 4.90 Å². The van der Waals surface area contributed by atoms with Crippen molar-refractivity contribution in [3.05, 3.63) is 16.1 Å². The number of nitrogens with two attached hydrogens (primary N) is 1. The number of aromatic nitrogens is 1. The second-order valence-electron chi connectivity index (χ2n) is 5.09. The molecule has 2 N–H and O–H groups in total. The van der Waals surface area contributed by atoms with E-state index in [2.05, 4.69) is 34.1 Å². The van der Waals surface area contributed by atoms with Gasteiger partial charge in [0.05, 0.1) is 5.69 Å². The first-order chi connectivity index (χ1) is 8.72. The molecule has 1 saturated heterocycles. The van der Waals surface area contributed by atoms with E-state index in [9.17, 15) is 0 Å². The van der Waals surface area contributed by atoms with Gasteiger partial charge in [0, 0.05) is 37.6 Å². The molecule has 0 spiro atoms. The highest BCUT2D eigenvalue weighted by Crippen LogP contribution is 2.17. The minimum absolute atomic E-state index is 0.560. The van der Waals surface area contributed by atoms with Crippen LogP contribution in [0.2, 0.25) is 0 Å². The van der Waals surface area contributed by atoms with Gasteiger partial charge in [-0.25, -0.2) is 4.98 Å². The predicted molar refractivity (Wildman–Crippen MR) is 76.6 cm³/mol. The molecule has 1 fully saturated rings. The fourth-order valence-corrected chi connectivity index (χ4v) is 3.28. The first-order valence-electron chi connectivity index (χ1n) is 6.78. The molecule has 0 saturated carbocycles. The Kier molecular flexibility index (Phi) is 5.12. The van der Waals surface area contributed by atoms with Crippen molar-refractivity contribution < 1.29 is 0 Å². The van der Waals surface area contributed by atoms with Crippen molar-refractivity contribution in [3.8, 4) is 0 Å². The van der Waals surface area contributed by atoms with Crippen molar-refractivity contribution in [2.75, 3.05) is 26.7 Å². The van der Waals surface area contributed by atoms with E-state index in [1.807, 2.05) is 0 Å². The van der Waals surface area contributed by atoms with Gasteiger partial charge in [0.25, 0.3) is 0 Å². The van der Waals surface area contributed by atoms with Crippen LogP contribution in [0.3, 0.4) is 0 Å². The van der Waals surface area contributed by atoms with Gasteiger partial charge in [0.15, 0.2) is 0 Å². The lowest BCUT2D eigenvalue weighted by Crippen LogP contribution is -2.39. The average molecular weight is 268 g/mol. The molecule has 2 rings (SSSR count). The Balaban J connectivity index is 2.01. The van der Waals surface area contributed by atoms with Crippen LogP contribution < -0.4 is 5.73 Å². The third-order valence-electron chi connectivity index (χ3n) is 3.63. The summed E-state index contributed by atoms with van der Waals surface area (Å²) in [5, 5.41) is 3.20. The maximum atomic E-state index is 5.62. The summed E-state index contributed by atoms with van der Waals surface area (Å²) in [6.45, 7) is 7.37. The van der Waals surface area contributed by atoms with Crippen molar-refractivity contribution >= 4 is 11.3 Å². The lowest BCUT2D eigenvalue weighted by atomic mass is 10.2. The van der Waals surface area contributed by atoms with Crippen LogP contribution >= 0.6 is 11.3 Å². The zero-order chi connectivity index (χ0) is 13.0. The summed E-state index contributed by atoms with van der Waals surface area (Å²) in [5.74, 6) is 0. The molecule has 1 aromatic heterocycles. The number of nitrogens with zero attached hydrogens (tertiary/aromatic N) is 3. The summed E-state index contributed by atoms with van der Waals surface area (Å²) in [4.78, 5) is 9.61. The zero-order valence-corrected chi connectivity index (χ0v) is 12.2. The largest absolute Gasteiger partial charge is 0.325 e. The van der Waals surface area contributed by atoms with E-state index >= 15 is 0 Å². The molecule has 0 amide bonds. The molecule has 1 aliphatic heterocycles. The zero-order valence-electron chi connectivity index (χ0n) is 11.4. The Labute approximate surface area is 114 Å². The van der Waals surface area contributed by atoms with Crippen LogP contribution in [0.4, 0.5) is 0 Å². The van der Waals surface area contributed by atoms with Crippen molar-refractivity contribution in [1.82, 2.24) is 14.8 Å². The number of likely N-dealkylation sites (N-methyl/N-ethyl adjacent to an activating group) is 1. The van der Waals surface area contributed by atoms with Gasteiger partial charge in [-0.05, 0) is 26.4 Å². The molecular weight excluding hydrogens is 244 g/mol. The van der Waals surface area contributed by atoms with E-state index in [-0.39, 0.29) is 0 Å². The summed E-state index contributed by atoms with van der Waals surface area (Å²) in [6.07, 6.45) is 2.46. The lowest BCUT2D eigenvalue weighted by Gasteiger charge is -2.29. The maximum absolute atomic E-state index is 5.62. The van der Waals surface area contributed by atoms with E-state index in [4.69, 9.17) is 5.73 Å². The summed E-state index contributed by atoms with van der Waals surface area (Å²) in [5.41, 5.74) is 6.80. The predicted octanol–water partition coefficient (Wildman–Crippen LogP) is 1.52. The Morgan fingerprint density at radius 1 is 1.50 bits per heavy atom. The second-order valence-corrected chi connectivity index (χ2v) is 6.03. The van der Waals surface area contributed by atoms with Gasteiger partial charge in [-0.1, -0.05) is 6.92 Å². The van der Waals surface area contributed by atoms with E-state index in [0.717, 1.165) is 11.6 Å². The number of hydrogen-bond acceptors (Lipinski definition) is 5. The third kappa shape index (κ3) is 3.51. The Morgan fingerprint density at radius 2 is 2.33 bits per heavy atom. The first-order valence-corrected chi connectivity index (χ1v) is 7.66. The van der Waals surface area contributed by atoms with Crippen molar-refractivity contribution in [2.24, 2.45) is 5.73 Å². The summed E-state index contributed by atoms with van der Waals surface area (Å²) < 4.78 is 0. The standard InChI is InChI=1S/C13H24N4S/c1-3-12-9-16(2)5-4-6-17(12)8-11-10-18-13(7-14)15-11/h10,12H,3-9,14H2,1-2H3. The molecule has 1 unspecified atom stereocenters. The topological polar surface area (TPSA) is 45.4 Å². The van der Waals surface area contributed by atoms with Crippen molar-refractivity contribution in [2.45, 2.75) is 38.9 Å². The molecular formula is C13H24N4S. The Morgan fingerprint density at radius 3 is 3.00 bits per heavy atom. The molecule has 1 aromatic rings. The van der Waals surface area contributed by atoms with E-state index < -0.39 is 0 Å². The maximum Gasteiger partial charge on any atom is 0.106 e. The quantitative estimate of drug-likeness (QED) is 0.899. The van der Waals surface area contributed by atoms with Crippen LogP contribution in [-0.4, -0.2) is 47.5 Å². The fraction of sp³-hybridized carbons (Fsp3) is 0.769. The molecule has 0 radical (unpaired) electrons. The number of hydrogen-bond donors (Lipinski definition) is 1. The van der Waals surface area contributed by atoms with E-state index in [1.165, 1.54) is 38.2 Å². The monoisotopic (exact) mass is 268 g/mol. The SMILES string of the molecule is CCC1CN(C)CCCN1Cc1csc(CN)n1. The highest BCUT2D eigenvalue weighted by Gasteiger charge is 2.22. The third-order valence-corrected chi connectivity index (χ3v) is 4.55.